The molecule has 0 unspecified atom stereocenters. The molecule has 0 bridgehead atoms. The number of nitrogens with one attached hydrogen (secondary N) is 2. The number of nitrogens with zero attached hydrogens (tertiary/aromatic N) is 2. The van der Waals surface area contributed by atoms with Gasteiger partial charge in [-0.25, -0.2) is 4.79 Å². The Kier molecular flexibility index (Phi) is 10.6. The molecule has 1 aromatic heterocycles. The molecule has 1 saturated heterocycles. The van der Waals surface area contributed by atoms with Crippen molar-refractivity contribution in [2.75, 3.05) is 19.6 Å². The Morgan fingerprint density at radius 1 is 1.10 bits per heavy atom. The van der Waals surface area contributed by atoms with E-state index in [1.165, 1.54) is 24.2 Å². The number of likely N-dealkylation sites (tertiary alicyclic amines) is 1. The van der Waals surface area contributed by atoms with Crippen molar-refractivity contribution in [3.63, 3.8) is 0 Å². The summed E-state index contributed by atoms with van der Waals surface area (Å²) in [5.74, 6) is -1.31. The Morgan fingerprint density at radius 2 is 1.88 bits per heavy atom. The van der Waals surface area contributed by atoms with Crippen LogP contribution in [0, 0.1) is 5.92 Å². The lowest BCUT2D eigenvalue weighted by atomic mass is 9.87. The van der Waals surface area contributed by atoms with Crippen molar-refractivity contribution in [3.05, 3.63) is 36.0 Å². The average molecular weight is 553 g/mol. The lowest BCUT2D eigenvalue weighted by Crippen LogP contribution is -2.53. The van der Waals surface area contributed by atoms with Gasteiger partial charge in [0.15, 0.2) is 0 Å². The number of fused-ring (bicyclic) bond motifs is 1. The third-order valence-electron chi connectivity index (χ3n) is 8.53. The zero-order valence-corrected chi connectivity index (χ0v) is 23.7. The van der Waals surface area contributed by atoms with Crippen LogP contribution in [-0.4, -0.2) is 75.3 Å². The third kappa shape index (κ3) is 7.64. The molecule has 2 fully saturated rings. The lowest BCUT2D eigenvalue weighted by molar-refractivity contribution is -0.150. The summed E-state index contributed by atoms with van der Waals surface area (Å²) in [6.07, 6.45) is 11.9. The normalized spacial score (nSPS) is 18.5. The monoisotopic (exact) mass is 552 g/mol. The van der Waals surface area contributed by atoms with Gasteiger partial charge in [0.25, 0.3) is 0 Å². The van der Waals surface area contributed by atoms with Crippen LogP contribution in [0.4, 0.5) is 0 Å². The van der Waals surface area contributed by atoms with Gasteiger partial charge in [0.2, 0.25) is 17.7 Å². The van der Waals surface area contributed by atoms with Gasteiger partial charge in [-0.15, -0.1) is 0 Å². The van der Waals surface area contributed by atoms with Gasteiger partial charge in [-0.05, 0) is 43.2 Å². The lowest BCUT2D eigenvalue weighted by Gasteiger charge is -2.32. The SMILES string of the molecule is CCCC[C@H](NC(=O)Cc1c[nH]c2ccccc12)C(=O)N(CCC1CCCCC1)CC(=O)N1CCC[C@@H]1C(=O)O. The van der Waals surface area contributed by atoms with Crippen LogP contribution in [-0.2, 0) is 25.6 Å². The van der Waals surface area contributed by atoms with Crippen LogP contribution in [0.15, 0.2) is 30.5 Å². The fourth-order valence-electron chi connectivity index (χ4n) is 6.24. The molecule has 3 N–H and O–H groups in total. The number of rotatable bonds is 13. The van der Waals surface area contributed by atoms with E-state index in [0.717, 1.165) is 48.6 Å². The minimum Gasteiger partial charge on any atom is -0.480 e. The second-order valence-corrected chi connectivity index (χ2v) is 11.4. The standard InChI is InChI=1S/C31H44N4O5/c1-2-3-13-26(33-28(36)19-23-20-32-25-14-8-7-12-24(23)25)30(38)34(18-16-22-10-5-4-6-11-22)21-29(37)35-17-9-15-27(35)31(39)40/h7-8,12,14,20,22,26-27,32H,2-6,9-11,13,15-19,21H2,1H3,(H,33,36)(H,39,40)/t26-,27+/m0/s1. The number of hydrogen-bond acceptors (Lipinski definition) is 4. The van der Waals surface area contributed by atoms with Crippen LogP contribution in [0.1, 0.15) is 83.1 Å². The number of unbranched alkanes of at least 4 members (excludes halogenated alkanes) is 1. The molecule has 1 aliphatic carbocycles. The fourth-order valence-corrected chi connectivity index (χ4v) is 6.24. The Morgan fingerprint density at radius 3 is 2.62 bits per heavy atom. The number of hydrogen-bond donors (Lipinski definition) is 3. The molecule has 2 aromatic rings. The second-order valence-electron chi connectivity index (χ2n) is 11.4. The van der Waals surface area contributed by atoms with E-state index in [2.05, 4.69) is 10.3 Å². The third-order valence-corrected chi connectivity index (χ3v) is 8.53. The van der Waals surface area contributed by atoms with Crippen LogP contribution in [0.3, 0.4) is 0 Å². The molecule has 9 nitrogen and oxygen atoms in total. The maximum atomic E-state index is 14.0. The van der Waals surface area contributed by atoms with Gasteiger partial charge < -0.3 is 25.2 Å². The average Bonchev–Trinajstić information content (AvgIpc) is 3.61. The number of aromatic nitrogens is 1. The second kappa shape index (κ2) is 14.3. The number of para-hydroxylation sites is 1. The fraction of sp³-hybridized carbons (Fsp3) is 0.613. The van der Waals surface area contributed by atoms with Crippen molar-refractivity contribution in [3.8, 4) is 0 Å². The van der Waals surface area contributed by atoms with Gasteiger partial charge in [0, 0.05) is 30.2 Å². The van der Waals surface area contributed by atoms with Crippen LogP contribution >= 0.6 is 0 Å². The maximum Gasteiger partial charge on any atom is 0.326 e. The van der Waals surface area contributed by atoms with Gasteiger partial charge in [-0.1, -0.05) is 70.1 Å². The highest BCUT2D eigenvalue weighted by atomic mass is 16.4. The Balaban J connectivity index is 1.47. The quantitative estimate of drug-likeness (QED) is 0.343. The number of benzene rings is 1. The van der Waals surface area contributed by atoms with E-state index < -0.39 is 18.1 Å². The predicted molar refractivity (Wildman–Crippen MR) is 154 cm³/mol. The molecule has 2 aliphatic rings. The Bertz CT molecular complexity index is 1170. The summed E-state index contributed by atoms with van der Waals surface area (Å²) in [4.78, 5) is 58.3. The Labute approximate surface area is 236 Å². The molecule has 1 aromatic carbocycles. The summed E-state index contributed by atoms with van der Waals surface area (Å²) in [5.41, 5.74) is 1.82. The minimum atomic E-state index is -1.00. The summed E-state index contributed by atoms with van der Waals surface area (Å²) in [5, 5.41) is 13.5. The number of carbonyl (C=O) groups excluding carboxylic acids is 3. The number of aliphatic carboxylic acids is 1. The van der Waals surface area contributed by atoms with Crippen LogP contribution in [0.25, 0.3) is 10.9 Å². The highest BCUT2D eigenvalue weighted by Gasteiger charge is 2.36. The Hall–Kier alpha value is -3.36. The molecule has 2 atom stereocenters. The first-order chi connectivity index (χ1) is 19.4. The molecule has 9 heteroatoms. The molecule has 1 aliphatic heterocycles. The highest BCUT2D eigenvalue weighted by molar-refractivity contribution is 5.93. The number of carboxylic acids is 1. The van der Waals surface area contributed by atoms with E-state index in [9.17, 15) is 24.3 Å². The van der Waals surface area contributed by atoms with E-state index in [0.29, 0.717) is 38.3 Å². The zero-order valence-electron chi connectivity index (χ0n) is 23.7. The first-order valence-electron chi connectivity index (χ1n) is 15.0. The smallest absolute Gasteiger partial charge is 0.326 e. The summed E-state index contributed by atoms with van der Waals surface area (Å²) in [6, 6.07) is 6.23. The molecular weight excluding hydrogens is 508 g/mol. The summed E-state index contributed by atoms with van der Waals surface area (Å²) < 4.78 is 0. The molecule has 4 rings (SSSR count). The van der Waals surface area contributed by atoms with Gasteiger partial charge in [-0.2, -0.15) is 0 Å². The molecule has 40 heavy (non-hydrogen) atoms. The maximum absolute atomic E-state index is 14.0. The van der Waals surface area contributed by atoms with E-state index >= 15 is 0 Å². The van der Waals surface area contributed by atoms with Gasteiger partial charge in [0.05, 0.1) is 13.0 Å². The van der Waals surface area contributed by atoms with E-state index in [4.69, 9.17) is 0 Å². The summed E-state index contributed by atoms with van der Waals surface area (Å²) in [6.45, 7) is 2.71. The molecule has 0 spiro atoms. The predicted octanol–water partition coefficient (Wildman–Crippen LogP) is 4.26. The van der Waals surface area contributed by atoms with E-state index in [-0.39, 0.29) is 30.7 Å². The number of aromatic amines is 1. The summed E-state index contributed by atoms with van der Waals surface area (Å²) in [7, 11) is 0. The van der Waals surface area contributed by atoms with Crippen molar-refractivity contribution in [2.24, 2.45) is 5.92 Å². The zero-order chi connectivity index (χ0) is 28.5. The first kappa shape index (κ1) is 29.6. The topological polar surface area (TPSA) is 123 Å². The summed E-state index contributed by atoms with van der Waals surface area (Å²) >= 11 is 0. The number of amides is 3. The van der Waals surface area contributed by atoms with Crippen molar-refractivity contribution in [2.45, 2.75) is 96.1 Å². The number of carboxylic acid groups (broad SMARTS) is 1. The van der Waals surface area contributed by atoms with Crippen LogP contribution < -0.4 is 5.32 Å². The molecule has 0 radical (unpaired) electrons. The molecule has 1 saturated carbocycles. The van der Waals surface area contributed by atoms with Crippen molar-refractivity contribution in [1.82, 2.24) is 20.1 Å². The van der Waals surface area contributed by atoms with Crippen molar-refractivity contribution >= 4 is 34.6 Å². The van der Waals surface area contributed by atoms with Gasteiger partial charge >= 0.3 is 5.97 Å². The largest absolute Gasteiger partial charge is 0.480 e. The molecular formula is C31H44N4O5. The van der Waals surface area contributed by atoms with E-state index in [1.54, 1.807) is 4.90 Å². The minimum absolute atomic E-state index is 0.148. The van der Waals surface area contributed by atoms with Gasteiger partial charge in [-0.3, -0.25) is 14.4 Å². The number of H-pyrrole nitrogens is 1. The molecule has 218 valence electrons. The number of carbonyl (C=O) groups is 4. The van der Waals surface area contributed by atoms with Gasteiger partial charge in [0.1, 0.15) is 12.1 Å². The molecule has 3 amide bonds. The van der Waals surface area contributed by atoms with Crippen LogP contribution in [0.5, 0.6) is 0 Å². The highest BCUT2D eigenvalue weighted by Crippen LogP contribution is 2.27. The molecule has 2 heterocycles. The first-order valence-corrected chi connectivity index (χ1v) is 15.0. The van der Waals surface area contributed by atoms with Crippen molar-refractivity contribution < 1.29 is 24.3 Å². The van der Waals surface area contributed by atoms with Crippen LogP contribution in [0.2, 0.25) is 0 Å². The van der Waals surface area contributed by atoms with E-state index in [1.807, 2.05) is 37.4 Å². The van der Waals surface area contributed by atoms with Crippen molar-refractivity contribution in [1.29, 1.82) is 0 Å².